The molecule has 0 fully saturated rings. The predicted octanol–water partition coefficient (Wildman–Crippen LogP) is 3.51. The first-order valence-electron chi connectivity index (χ1n) is 6.33. The third-order valence-electron chi connectivity index (χ3n) is 2.97. The molecule has 0 aliphatic rings. The van der Waals surface area contributed by atoms with Crippen molar-refractivity contribution < 1.29 is 24.2 Å². The van der Waals surface area contributed by atoms with Crippen molar-refractivity contribution in [3.8, 4) is 11.5 Å². The van der Waals surface area contributed by atoms with Crippen molar-refractivity contribution in [1.29, 1.82) is 0 Å². The lowest BCUT2D eigenvalue weighted by Gasteiger charge is -2.10. The number of hydrogen-bond acceptors (Lipinski definition) is 4. The standard InChI is InChI=1S/C16H13BrO5/c1-21-13-4-2-3-11(7-13)16(20)22-14-8-10(15(18)19)5-6-12(14)9-17/h2-8H,9H2,1H3,(H,18,19). The van der Waals surface area contributed by atoms with Crippen molar-refractivity contribution in [2.45, 2.75) is 5.33 Å². The van der Waals surface area contributed by atoms with E-state index in [1.165, 1.54) is 19.2 Å². The maximum absolute atomic E-state index is 12.2. The average Bonchev–Trinajstić information content (AvgIpc) is 2.54. The highest BCUT2D eigenvalue weighted by Crippen LogP contribution is 2.24. The highest BCUT2D eigenvalue weighted by Gasteiger charge is 2.14. The summed E-state index contributed by atoms with van der Waals surface area (Å²) in [5.74, 6) is -0.914. The van der Waals surface area contributed by atoms with E-state index in [1.807, 2.05) is 0 Å². The number of alkyl halides is 1. The molecule has 0 aromatic heterocycles. The van der Waals surface area contributed by atoms with Gasteiger partial charge in [-0.2, -0.15) is 0 Å². The van der Waals surface area contributed by atoms with Crippen LogP contribution in [0.5, 0.6) is 11.5 Å². The van der Waals surface area contributed by atoms with Gasteiger partial charge in [0.2, 0.25) is 0 Å². The summed E-state index contributed by atoms with van der Waals surface area (Å²) in [5.41, 5.74) is 1.06. The van der Waals surface area contributed by atoms with E-state index in [9.17, 15) is 9.59 Å². The molecule has 5 nitrogen and oxygen atoms in total. The van der Waals surface area contributed by atoms with Gasteiger partial charge in [-0.25, -0.2) is 9.59 Å². The van der Waals surface area contributed by atoms with Crippen molar-refractivity contribution >= 4 is 27.9 Å². The summed E-state index contributed by atoms with van der Waals surface area (Å²) in [4.78, 5) is 23.2. The Labute approximate surface area is 135 Å². The molecule has 0 unspecified atom stereocenters. The number of benzene rings is 2. The third kappa shape index (κ3) is 3.65. The Morgan fingerprint density at radius 2 is 1.91 bits per heavy atom. The average molecular weight is 365 g/mol. The Kier molecular flexibility index (Phi) is 5.16. The fraction of sp³-hybridized carbons (Fsp3) is 0.125. The molecular formula is C16H13BrO5. The number of methoxy groups -OCH3 is 1. The molecule has 0 spiro atoms. The predicted molar refractivity (Wildman–Crippen MR) is 84.0 cm³/mol. The lowest BCUT2D eigenvalue weighted by atomic mass is 10.1. The second-order valence-electron chi connectivity index (χ2n) is 4.38. The Morgan fingerprint density at radius 3 is 2.55 bits per heavy atom. The minimum absolute atomic E-state index is 0.0538. The number of aromatic carboxylic acids is 1. The molecular weight excluding hydrogens is 352 g/mol. The Hall–Kier alpha value is -2.34. The molecule has 2 aromatic carbocycles. The van der Waals surface area contributed by atoms with Crippen LogP contribution in [0.15, 0.2) is 42.5 Å². The first kappa shape index (κ1) is 16.0. The zero-order valence-electron chi connectivity index (χ0n) is 11.7. The van der Waals surface area contributed by atoms with Crippen LogP contribution in [0.25, 0.3) is 0 Å². The smallest absolute Gasteiger partial charge is 0.343 e. The molecule has 1 N–H and O–H groups in total. The number of carboxylic acids is 1. The van der Waals surface area contributed by atoms with Crippen LogP contribution in [0, 0.1) is 0 Å². The van der Waals surface area contributed by atoms with Crippen LogP contribution in [0.1, 0.15) is 26.3 Å². The summed E-state index contributed by atoms with van der Waals surface area (Å²) in [6.07, 6.45) is 0. The quantitative estimate of drug-likeness (QED) is 0.499. The van der Waals surface area contributed by atoms with Crippen LogP contribution in [-0.2, 0) is 5.33 Å². The fourth-order valence-corrected chi connectivity index (χ4v) is 2.27. The minimum Gasteiger partial charge on any atom is -0.497 e. The molecule has 2 aromatic rings. The van der Waals surface area contributed by atoms with Gasteiger partial charge in [0.25, 0.3) is 0 Å². The van der Waals surface area contributed by atoms with E-state index in [2.05, 4.69) is 15.9 Å². The van der Waals surface area contributed by atoms with Crippen molar-refractivity contribution in [2.24, 2.45) is 0 Å². The van der Waals surface area contributed by atoms with Gasteiger partial charge >= 0.3 is 11.9 Å². The van der Waals surface area contributed by atoms with Gasteiger partial charge in [-0.3, -0.25) is 0 Å². The van der Waals surface area contributed by atoms with Gasteiger partial charge in [0, 0.05) is 10.9 Å². The van der Waals surface area contributed by atoms with Gasteiger partial charge in [-0.15, -0.1) is 0 Å². The highest BCUT2D eigenvalue weighted by atomic mass is 79.9. The van der Waals surface area contributed by atoms with Crippen molar-refractivity contribution in [1.82, 2.24) is 0 Å². The van der Waals surface area contributed by atoms with Crippen molar-refractivity contribution in [2.75, 3.05) is 7.11 Å². The van der Waals surface area contributed by atoms with Crippen LogP contribution in [0.3, 0.4) is 0 Å². The molecule has 0 saturated heterocycles. The van der Waals surface area contributed by atoms with E-state index in [1.54, 1.807) is 30.3 Å². The summed E-state index contributed by atoms with van der Waals surface area (Å²) in [6.45, 7) is 0. The number of esters is 1. The molecule has 114 valence electrons. The van der Waals surface area contributed by atoms with E-state index < -0.39 is 11.9 Å². The molecule has 0 atom stereocenters. The largest absolute Gasteiger partial charge is 0.497 e. The monoisotopic (exact) mass is 364 g/mol. The zero-order valence-corrected chi connectivity index (χ0v) is 13.3. The number of hydrogen-bond donors (Lipinski definition) is 1. The van der Waals surface area contributed by atoms with Gasteiger partial charge in [0.15, 0.2) is 0 Å². The van der Waals surface area contributed by atoms with Crippen LogP contribution in [0.4, 0.5) is 0 Å². The van der Waals surface area contributed by atoms with Crippen molar-refractivity contribution in [3.05, 3.63) is 59.2 Å². The number of carbonyl (C=O) groups is 2. The number of halogens is 1. The van der Waals surface area contributed by atoms with Crippen LogP contribution in [0.2, 0.25) is 0 Å². The fourth-order valence-electron chi connectivity index (χ4n) is 1.80. The molecule has 0 bridgehead atoms. The molecule has 2 rings (SSSR count). The summed E-state index contributed by atoms with van der Waals surface area (Å²) < 4.78 is 10.4. The second-order valence-corrected chi connectivity index (χ2v) is 4.94. The van der Waals surface area contributed by atoms with E-state index >= 15 is 0 Å². The van der Waals surface area contributed by atoms with Gasteiger partial charge in [-0.05, 0) is 30.3 Å². The number of ether oxygens (including phenoxy) is 2. The molecule has 0 aliphatic carbocycles. The number of carbonyl (C=O) groups excluding carboxylic acids is 1. The van der Waals surface area contributed by atoms with Gasteiger partial charge in [0.05, 0.1) is 18.2 Å². The SMILES string of the molecule is COc1cccc(C(=O)Oc2cc(C(=O)O)ccc2CBr)c1. The van der Waals surface area contributed by atoms with E-state index in [0.29, 0.717) is 22.2 Å². The van der Waals surface area contributed by atoms with Crippen LogP contribution in [-0.4, -0.2) is 24.2 Å². The molecule has 0 heterocycles. The van der Waals surface area contributed by atoms with Gasteiger partial charge in [-0.1, -0.05) is 28.1 Å². The molecule has 0 saturated carbocycles. The van der Waals surface area contributed by atoms with E-state index in [0.717, 1.165) is 0 Å². The molecule has 0 amide bonds. The second kappa shape index (κ2) is 7.09. The molecule has 0 radical (unpaired) electrons. The summed E-state index contributed by atoms with van der Waals surface area (Å²) in [5, 5.41) is 9.46. The van der Waals surface area contributed by atoms with Crippen LogP contribution >= 0.6 is 15.9 Å². The molecule has 6 heteroatoms. The van der Waals surface area contributed by atoms with Gasteiger partial charge in [0.1, 0.15) is 11.5 Å². The van der Waals surface area contributed by atoms with Crippen LogP contribution < -0.4 is 9.47 Å². The first-order chi connectivity index (χ1) is 10.5. The lowest BCUT2D eigenvalue weighted by molar-refractivity contribution is 0.0687. The number of rotatable bonds is 5. The highest BCUT2D eigenvalue weighted by molar-refractivity contribution is 9.08. The van der Waals surface area contributed by atoms with E-state index in [-0.39, 0.29) is 11.3 Å². The molecule has 22 heavy (non-hydrogen) atoms. The lowest BCUT2D eigenvalue weighted by Crippen LogP contribution is -2.10. The first-order valence-corrected chi connectivity index (χ1v) is 7.45. The van der Waals surface area contributed by atoms with E-state index in [4.69, 9.17) is 14.6 Å². The molecule has 0 aliphatic heterocycles. The summed E-state index contributed by atoms with van der Waals surface area (Å²) in [6, 6.07) is 10.9. The summed E-state index contributed by atoms with van der Waals surface area (Å²) in [7, 11) is 1.50. The number of carboxylic acid groups (broad SMARTS) is 1. The normalized spacial score (nSPS) is 10.1. The maximum atomic E-state index is 12.2. The summed E-state index contributed by atoms with van der Waals surface area (Å²) >= 11 is 3.28. The van der Waals surface area contributed by atoms with Crippen molar-refractivity contribution in [3.63, 3.8) is 0 Å². The Balaban J connectivity index is 2.30. The Bertz CT molecular complexity index is 711. The minimum atomic E-state index is -1.08. The topological polar surface area (TPSA) is 72.8 Å². The maximum Gasteiger partial charge on any atom is 0.343 e. The zero-order chi connectivity index (χ0) is 16.1. The van der Waals surface area contributed by atoms with Gasteiger partial charge < -0.3 is 14.6 Å². The third-order valence-corrected chi connectivity index (χ3v) is 3.57. The Morgan fingerprint density at radius 1 is 1.14 bits per heavy atom.